The van der Waals surface area contributed by atoms with Gasteiger partial charge in [-0.25, -0.2) is 9.78 Å². The number of nitrogens with zero attached hydrogens (tertiary/aromatic N) is 1. The molecule has 1 aromatic heterocycles. The normalized spacial score (nSPS) is 22.3. The summed E-state index contributed by atoms with van der Waals surface area (Å²) < 4.78 is 10.7. The van der Waals surface area contributed by atoms with Gasteiger partial charge in [-0.2, -0.15) is 0 Å². The molecule has 5 rings (SSSR count). The van der Waals surface area contributed by atoms with E-state index in [2.05, 4.69) is 20.6 Å². The first-order valence-corrected chi connectivity index (χ1v) is 10.7. The fourth-order valence-electron chi connectivity index (χ4n) is 3.61. The lowest BCUT2D eigenvalue weighted by Gasteiger charge is -2.23. The van der Waals surface area contributed by atoms with Gasteiger partial charge in [0.25, 0.3) is 5.56 Å². The third-order valence-corrected chi connectivity index (χ3v) is 5.26. The summed E-state index contributed by atoms with van der Waals surface area (Å²) >= 11 is 0. The molecule has 3 fully saturated rings. The van der Waals surface area contributed by atoms with Gasteiger partial charge in [0, 0.05) is 31.5 Å². The smallest absolute Gasteiger partial charge is 0.335 e. The van der Waals surface area contributed by atoms with Crippen LogP contribution in [0.4, 0.5) is 5.95 Å². The number of benzene rings is 1. The van der Waals surface area contributed by atoms with Crippen LogP contribution >= 0.6 is 0 Å². The van der Waals surface area contributed by atoms with Crippen molar-refractivity contribution in [3.8, 4) is 0 Å². The van der Waals surface area contributed by atoms with Gasteiger partial charge < -0.3 is 25.2 Å². The molecule has 0 amide bonds. The SMILES string of the molecule is C1C[C@H]2OCC[C@H]2O1.O=C(O)c1ccccc1.O=c1ccnc(NC2CCNCC2)[nH]1. The molecule has 9 heteroatoms. The number of fused-ring (bicyclic) bond motifs is 1. The predicted molar refractivity (Wildman–Crippen MR) is 116 cm³/mol. The molecule has 0 bridgehead atoms. The Kier molecular flexibility index (Phi) is 9.01. The van der Waals surface area contributed by atoms with Gasteiger partial charge in [0.2, 0.25) is 5.95 Å². The van der Waals surface area contributed by atoms with E-state index in [1.54, 1.807) is 30.3 Å². The van der Waals surface area contributed by atoms with E-state index in [0.29, 0.717) is 29.8 Å². The summed E-state index contributed by atoms with van der Waals surface area (Å²) in [6.07, 6.45) is 6.79. The van der Waals surface area contributed by atoms with Crippen LogP contribution in [-0.2, 0) is 9.47 Å². The Morgan fingerprint density at radius 1 is 1.00 bits per heavy atom. The van der Waals surface area contributed by atoms with Crippen LogP contribution in [-0.4, -0.2) is 65.6 Å². The van der Waals surface area contributed by atoms with Crippen LogP contribution < -0.4 is 16.2 Å². The quantitative estimate of drug-likeness (QED) is 0.582. The number of aromatic nitrogens is 2. The molecule has 0 aliphatic carbocycles. The highest BCUT2D eigenvalue weighted by Crippen LogP contribution is 2.25. The Hall–Kier alpha value is -2.75. The molecule has 0 unspecified atom stereocenters. The number of H-pyrrole nitrogens is 1. The molecular formula is C22H30N4O5. The van der Waals surface area contributed by atoms with Crippen LogP contribution in [0, 0.1) is 0 Å². The third-order valence-electron chi connectivity index (χ3n) is 5.26. The third kappa shape index (κ3) is 7.78. The number of ether oxygens (including phenoxy) is 2. The Morgan fingerprint density at radius 2 is 1.65 bits per heavy atom. The van der Waals surface area contributed by atoms with E-state index in [1.165, 1.54) is 12.3 Å². The minimum Gasteiger partial charge on any atom is -0.478 e. The maximum atomic E-state index is 11.0. The van der Waals surface area contributed by atoms with Crippen LogP contribution in [0.1, 0.15) is 36.0 Å². The lowest BCUT2D eigenvalue weighted by atomic mass is 10.1. The minimum atomic E-state index is -0.879. The Balaban J connectivity index is 0.000000139. The van der Waals surface area contributed by atoms with Gasteiger partial charge in [-0.05, 0) is 50.9 Å². The van der Waals surface area contributed by atoms with Crippen LogP contribution in [0.25, 0.3) is 0 Å². The Morgan fingerprint density at radius 3 is 2.19 bits per heavy atom. The zero-order valence-electron chi connectivity index (χ0n) is 17.5. The van der Waals surface area contributed by atoms with Gasteiger partial charge in [-0.15, -0.1) is 0 Å². The number of carboxylic acids is 1. The molecule has 2 aromatic rings. The average Bonchev–Trinajstić information content (AvgIpc) is 3.41. The van der Waals surface area contributed by atoms with Gasteiger partial charge >= 0.3 is 5.97 Å². The van der Waals surface area contributed by atoms with Crippen molar-refractivity contribution in [3.63, 3.8) is 0 Å². The molecule has 0 radical (unpaired) electrons. The maximum absolute atomic E-state index is 11.0. The van der Waals surface area contributed by atoms with Crippen LogP contribution in [0.5, 0.6) is 0 Å². The zero-order valence-corrected chi connectivity index (χ0v) is 17.5. The summed E-state index contributed by atoms with van der Waals surface area (Å²) in [6, 6.07) is 10.1. The molecule has 4 heterocycles. The number of carboxylic acid groups (broad SMARTS) is 1. The van der Waals surface area contributed by atoms with E-state index in [9.17, 15) is 9.59 Å². The summed E-state index contributed by atoms with van der Waals surface area (Å²) in [5.41, 5.74) is 0.217. The zero-order chi connectivity index (χ0) is 21.9. The van der Waals surface area contributed by atoms with Gasteiger partial charge in [-0.1, -0.05) is 18.2 Å². The van der Waals surface area contributed by atoms with E-state index in [0.717, 1.165) is 52.0 Å². The highest BCUT2D eigenvalue weighted by Gasteiger charge is 2.33. The summed E-state index contributed by atoms with van der Waals surface area (Å²) in [4.78, 5) is 27.9. The molecule has 3 aliphatic rings. The first-order chi connectivity index (χ1) is 15.1. The number of hydrogen-bond acceptors (Lipinski definition) is 7. The fourth-order valence-corrected chi connectivity index (χ4v) is 3.61. The fraction of sp³-hybridized carbons (Fsp3) is 0.500. The predicted octanol–water partition coefficient (Wildman–Crippen LogP) is 1.88. The Labute approximate surface area is 181 Å². The van der Waals surface area contributed by atoms with Crippen molar-refractivity contribution in [1.29, 1.82) is 0 Å². The number of carbonyl (C=O) groups is 1. The van der Waals surface area contributed by atoms with Crippen LogP contribution in [0.2, 0.25) is 0 Å². The number of piperidine rings is 1. The highest BCUT2D eigenvalue weighted by atomic mass is 16.6. The number of hydrogen-bond donors (Lipinski definition) is 4. The van der Waals surface area contributed by atoms with Gasteiger partial charge in [0.05, 0.1) is 17.8 Å². The molecule has 3 aliphatic heterocycles. The highest BCUT2D eigenvalue weighted by molar-refractivity contribution is 5.87. The van der Waals surface area contributed by atoms with Gasteiger partial charge in [0.1, 0.15) is 0 Å². The van der Waals surface area contributed by atoms with E-state index in [-0.39, 0.29) is 5.56 Å². The number of rotatable bonds is 3. The molecule has 0 saturated carbocycles. The van der Waals surface area contributed by atoms with Crippen molar-refractivity contribution in [1.82, 2.24) is 15.3 Å². The minimum absolute atomic E-state index is 0.114. The van der Waals surface area contributed by atoms with E-state index in [1.807, 2.05) is 0 Å². The molecule has 3 saturated heterocycles. The molecule has 168 valence electrons. The topological polar surface area (TPSA) is 126 Å². The maximum Gasteiger partial charge on any atom is 0.335 e. The van der Waals surface area contributed by atoms with Crippen molar-refractivity contribution in [2.24, 2.45) is 0 Å². The van der Waals surface area contributed by atoms with E-state index >= 15 is 0 Å². The van der Waals surface area contributed by atoms with Crippen molar-refractivity contribution in [3.05, 3.63) is 58.5 Å². The number of nitrogens with one attached hydrogen (secondary N) is 3. The van der Waals surface area contributed by atoms with E-state index < -0.39 is 5.97 Å². The monoisotopic (exact) mass is 430 g/mol. The van der Waals surface area contributed by atoms with Gasteiger partial charge in [0.15, 0.2) is 0 Å². The molecule has 2 atom stereocenters. The molecule has 1 aromatic carbocycles. The number of aromatic carboxylic acids is 1. The van der Waals surface area contributed by atoms with Crippen molar-refractivity contribution >= 4 is 11.9 Å². The second-order valence-corrected chi connectivity index (χ2v) is 7.52. The first kappa shape index (κ1) is 22.9. The second kappa shape index (κ2) is 12.2. The lowest BCUT2D eigenvalue weighted by Crippen LogP contribution is -2.36. The van der Waals surface area contributed by atoms with Crippen LogP contribution in [0.3, 0.4) is 0 Å². The second-order valence-electron chi connectivity index (χ2n) is 7.52. The van der Waals surface area contributed by atoms with E-state index in [4.69, 9.17) is 14.6 Å². The summed E-state index contributed by atoms with van der Waals surface area (Å²) in [6.45, 7) is 3.87. The van der Waals surface area contributed by atoms with Crippen molar-refractivity contribution in [2.45, 2.75) is 43.9 Å². The largest absolute Gasteiger partial charge is 0.478 e. The summed E-state index contributed by atoms with van der Waals surface area (Å²) in [5.74, 6) is -0.306. The summed E-state index contributed by atoms with van der Waals surface area (Å²) in [7, 11) is 0. The molecule has 0 spiro atoms. The summed E-state index contributed by atoms with van der Waals surface area (Å²) in [5, 5.41) is 14.9. The molecular weight excluding hydrogens is 400 g/mol. The Bertz CT molecular complexity index is 834. The standard InChI is InChI=1S/C9H14N4O.C7H6O2.C6H10O2/c14-8-3-6-11-9(13-8)12-7-1-4-10-5-2-7;8-7(9)6-4-2-1-3-5-6;1-3-7-6-2-4-8-5(1)6/h3,6-7,10H,1-2,4-5H2,(H2,11,12,13,14);1-5H,(H,8,9);5-6H,1-4H2/t;;5-,6-/m..1/s1. The first-order valence-electron chi connectivity index (χ1n) is 10.7. The molecule has 4 N–H and O–H groups in total. The van der Waals surface area contributed by atoms with Crippen molar-refractivity contribution < 1.29 is 19.4 Å². The van der Waals surface area contributed by atoms with Crippen molar-refractivity contribution in [2.75, 3.05) is 31.6 Å². The molecule has 9 nitrogen and oxygen atoms in total. The number of anilines is 1. The van der Waals surface area contributed by atoms with Gasteiger partial charge in [-0.3, -0.25) is 9.78 Å². The lowest BCUT2D eigenvalue weighted by molar-refractivity contribution is 0.0697. The average molecular weight is 431 g/mol. The van der Waals surface area contributed by atoms with Crippen LogP contribution in [0.15, 0.2) is 47.4 Å². The number of aromatic amines is 1. The molecule has 31 heavy (non-hydrogen) atoms.